The maximum Gasteiger partial charge on any atom is 0.153 e. The second kappa shape index (κ2) is 5.06. The highest BCUT2D eigenvalue weighted by Crippen LogP contribution is 2.14. The molecule has 0 radical (unpaired) electrons. The third-order valence-corrected chi connectivity index (χ3v) is 1.76. The van der Waals surface area contributed by atoms with Crippen molar-refractivity contribution in [3.63, 3.8) is 0 Å². The average molecular weight is 229 g/mol. The van der Waals surface area contributed by atoms with Gasteiger partial charge >= 0.3 is 0 Å². The lowest BCUT2D eigenvalue weighted by Crippen LogP contribution is -2.03. The molecule has 0 aliphatic heterocycles. The van der Waals surface area contributed by atoms with E-state index in [0.29, 0.717) is 5.52 Å². The Labute approximate surface area is 79.7 Å². The number of carbonyl (C=O) groups excluding carboxylic acids is 1. The first-order valence-corrected chi connectivity index (χ1v) is 4.68. The number of benzene rings is 1. The van der Waals surface area contributed by atoms with Gasteiger partial charge in [-0.25, -0.2) is 0 Å². The van der Waals surface area contributed by atoms with Crippen LogP contribution in [0.3, 0.4) is 0 Å². The molecule has 0 amide bonds. The zero-order valence-corrected chi connectivity index (χ0v) is 8.03. The highest BCUT2D eigenvalue weighted by molar-refractivity contribution is 9.09. The maximum atomic E-state index is 10.5. The maximum absolute atomic E-state index is 10.5. The Bertz CT molecular complexity index is 236. The van der Waals surface area contributed by atoms with Gasteiger partial charge in [0.05, 0.1) is 0 Å². The lowest BCUT2D eigenvalue weighted by atomic mass is 10.1. The van der Waals surface area contributed by atoms with E-state index in [0.717, 1.165) is 11.8 Å². The first-order valence-electron chi connectivity index (χ1n) is 3.56. The molecule has 1 unspecified atom stereocenters. The third kappa shape index (κ3) is 2.43. The van der Waals surface area contributed by atoms with Gasteiger partial charge in [0.2, 0.25) is 0 Å². The summed E-state index contributed by atoms with van der Waals surface area (Å²) in [5, 5.41) is 0. The minimum absolute atomic E-state index is 0.366. The zero-order valence-electron chi connectivity index (χ0n) is 6.44. The van der Waals surface area contributed by atoms with Crippen molar-refractivity contribution in [3.05, 3.63) is 35.9 Å². The standard InChI is InChI=1S/C9H9BrO2/c10-7-12-9(6-11)8-4-2-1-3-5-8/h1-6,9H,7H2. The summed E-state index contributed by atoms with van der Waals surface area (Å²) in [5.74, 6) is 0. The van der Waals surface area contributed by atoms with Crippen LogP contribution in [0, 0.1) is 0 Å². The minimum atomic E-state index is -0.453. The fraction of sp³-hybridized carbons (Fsp3) is 0.222. The molecule has 0 spiro atoms. The number of aldehydes is 1. The number of rotatable bonds is 4. The Balaban J connectivity index is 2.73. The molecule has 3 heteroatoms. The van der Waals surface area contributed by atoms with E-state index >= 15 is 0 Å². The van der Waals surface area contributed by atoms with Gasteiger partial charge in [-0.2, -0.15) is 0 Å². The normalized spacial score (nSPS) is 12.4. The number of halogens is 1. The van der Waals surface area contributed by atoms with Crippen LogP contribution < -0.4 is 0 Å². The summed E-state index contributed by atoms with van der Waals surface area (Å²) in [4.78, 5) is 10.5. The molecule has 1 aromatic rings. The van der Waals surface area contributed by atoms with E-state index in [1.165, 1.54) is 0 Å². The predicted molar refractivity (Wildman–Crippen MR) is 50.1 cm³/mol. The van der Waals surface area contributed by atoms with Crippen molar-refractivity contribution in [2.75, 3.05) is 5.52 Å². The van der Waals surface area contributed by atoms with Gasteiger partial charge in [0.1, 0.15) is 11.6 Å². The fourth-order valence-electron chi connectivity index (χ4n) is 0.925. The summed E-state index contributed by atoms with van der Waals surface area (Å²) in [6.45, 7) is 0. The van der Waals surface area contributed by atoms with Crippen molar-refractivity contribution in [2.45, 2.75) is 6.10 Å². The Hall–Kier alpha value is -0.670. The molecule has 0 saturated heterocycles. The van der Waals surface area contributed by atoms with Crippen molar-refractivity contribution in [3.8, 4) is 0 Å². The summed E-state index contributed by atoms with van der Waals surface area (Å²) < 4.78 is 5.13. The molecule has 0 aromatic heterocycles. The Morgan fingerprint density at radius 3 is 2.58 bits per heavy atom. The van der Waals surface area contributed by atoms with E-state index in [1.54, 1.807) is 0 Å². The number of alkyl halides is 1. The van der Waals surface area contributed by atoms with Crippen LogP contribution in [0.1, 0.15) is 11.7 Å². The lowest BCUT2D eigenvalue weighted by molar-refractivity contribution is -0.117. The minimum Gasteiger partial charge on any atom is -0.355 e. The van der Waals surface area contributed by atoms with E-state index in [1.807, 2.05) is 30.3 Å². The molecular weight excluding hydrogens is 220 g/mol. The van der Waals surface area contributed by atoms with Crippen LogP contribution in [0.5, 0.6) is 0 Å². The second-order valence-corrected chi connectivity index (χ2v) is 2.70. The summed E-state index contributed by atoms with van der Waals surface area (Å²) in [5.41, 5.74) is 1.25. The SMILES string of the molecule is O=CC(OCBr)c1ccccc1. The second-order valence-electron chi connectivity index (χ2n) is 2.24. The fourth-order valence-corrected chi connectivity index (χ4v) is 1.21. The highest BCUT2D eigenvalue weighted by atomic mass is 79.9. The van der Waals surface area contributed by atoms with E-state index < -0.39 is 6.10 Å². The molecule has 0 bridgehead atoms. The monoisotopic (exact) mass is 228 g/mol. The topological polar surface area (TPSA) is 26.3 Å². The number of ether oxygens (including phenoxy) is 1. The molecule has 0 aliphatic carbocycles. The highest BCUT2D eigenvalue weighted by Gasteiger charge is 2.08. The Morgan fingerprint density at radius 2 is 2.08 bits per heavy atom. The third-order valence-electron chi connectivity index (χ3n) is 1.49. The number of hydrogen-bond acceptors (Lipinski definition) is 2. The van der Waals surface area contributed by atoms with Crippen LogP contribution in [0.4, 0.5) is 0 Å². The van der Waals surface area contributed by atoms with E-state index in [4.69, 9.17) is 4.74 Å². The molecule has 1 rings (SSSR count). The molecule has 2 nitrogen and oxygen atoms in total. The van der Waals surface area contributed by atoms with Crippen LogP contribution in [-0.2, 0) is 9.53 Å². The van der Waals surface area contributed by atoms with Gasteiger partial charge in [0.15, 0.2) is 6.29 Å². The van der Waals surface area contributed by atoms with Crippen molar-refractivity contribution >= 4 is 22.2 Å². The van der Waals surface area contributed by atoms with Crippen molar-refractivity contribution in [1.29, 1.82) is 0 Å². The smallest absolute Gasteiger partial charge is 0.153 e. The van der Waals surface area contributed by atoms with Crippen molar-refractivity contribution in [1.82, 2.24) is 0 Å². The van der Waals surface area contributed by atoms with Gasteiger partial charge in [0, 0.05) is 0 Å². The number of hydrogen-bond donors (Lipinski definition) is 0. The summed E-state index contributed by atoms with van der Waals surface area (Å²) >= 11 is 3.11. The predicted octanol–water partition coefficient (Wildman–Crippen LogP) is 2.30. The van der Waals surface area contributed by atoms with Crippen LogP contribution in [0.15, 0.2) is 30.3 Å². The summed E-state index contributed by atoms with van der Waals surface area (Å²) in [7, 11) is 0. The van der Waals surface area contributed by atoms with Crippen LogP contribution >= 0.6 is 15.9 Å². The molecule has 12 heavy (non-hydrogen) atoms. The van der Waals surface area contributed by atoms with Gasteiger partial charge in [0.25, 0.3) is 0 Å². The van der Waals surface area contributed by atoms with Crippen LogP contribution in [0.2, 0.25) is 0 Å². The van der Waals surface area contributed by atoms with Crippen LogP contribution in [-0.4, -0.2) is 11.8 Å². The molecule has 0 aliphatic rings. The molecule has 1 atom stereocenters. The van der Waals surface area contributed by atoms with Crippen molar-refractivity contribution < 1.29 is 9.53 Å². The first-order chi connectivity index (χ1) is 5.88. The summed E-state index contributed by atoms with van der Waals surface area (Å²) in [6.07, 6.45) is 0.335. The Kier molecular flexibility index (Phi) is 3.97. The largest absolute Gasteiger partial charge is 0.355 e. The molecule has 0 heterocycles. The quantitative estimate of drug-likeness (QED) is 0.584. The van der Waals surface area contributed by atoms with Gasteiger partial charge in [-0.15, -0.1) is 0 Å². The van der Waals surface area contributed by atoms with E-state index in [9.17, 15) is 4.79 Å². The van der Waals surface area contributed by atoms with Gasteiger partial charge in [-0.05, 0) is 5.56 Å². The van der Waals surface area contributed by atoms with Crippen LogP contribution in [0.25, 0.3) is 0 Å². The van der Waals surface area contributed by atoms with E-state index in [2.05, 4.69) is 15.9 Å². The molecule has 64 valence electrons. The number of carbonyl (C=O) groups is 1. The molecule has 0 N–H and O–H groups in total. The first kappa shape index (κ1) is 9.42. The van der Waals surface area contributed by atoms with Gasteiger partial charge < -0.3 is 9.53 Å². The molecule has 0 fully saturated rings. The Morgan fingerprint density at radius 1 is 1.42 bits per heavy atom. The summed E-state index contributed by atoms with van der Waals surface area (Å²) in [6, 6.07) is 9.38. The van der Waals surface area contributed by atoms with Gasteiger partial charge in [-0.1, -0.05) is 46.3 Å². The zero-order chi connectivity index (χ0) is 8.81. The van der Waals surface area contributed by atoms with Gasteiger partial charge in [-0.3, -0.25) is 0 Å². The van der Waals surface area contributed by atoms with Crippen molar-refractivity contribution in [2.24, 2.45) is 0 Å². The lowest BCUT2D eigenvalue weighted by Gasteiger charge is -2.08. The molecular formula is C9H9BrO2. The van der Waals surface area contributed by atoms with E-state index in [-0.39, 0.29) is 0 Å². The molecule has 0 saturated carbocycles. The average Bonchev–Trinajstić information content (AvgIpc) is 2.15. The molecule has 1 aromatic carbocycles.